The Labute approximate surface area is 97.0 Å². The SMILES string of the molecule is CN(C)c1cccc2cccc(S(=O)O)c12. The highest BCUT2D eigenvalue weighted by molar-refractivity contribution is 7.79. The molecule has 3 nitrogen and oxygen atoms in total. The quantitative estimate of drug-likeness (QED) is 0.813. The second-order valence-corrected chi connectivity index (χ2v) is 4.71. The lowest BCUT2D eigenvalue weighted by Crippen LogP contribution is -2.09. The molecule has 4 heteroatoms. The molecule has 0 amide bonds. The number of hydrogen-bond acceptors (Lipinski definition) is 2. The molecular formula is C12H13NO2S. The molecule has 0 spiro atoms. The highest BCUT2D eigenvalue weighted by Gasteiger charge is 2.10. The van der Waals surface area contributed by atoms with Crippen molar-refractivity contribution in [1.29, 1.82) is 0 Å². The molecule has 0 aromatic heterocycles. The first kappa shape index (κ1) is 11.1. The fraction of sp³-hybridized carbons (Fsp3) is 0.167. The molecule has 84 valence electrons. The van der Waals surface area contributed by atoms with Crippen LogP contribution in [0, 0.1) is 0 Å². The third-order valence-corrected chi connectivity index (χ3v) is 3.23. The van der Waals surface area contributed by atoms with Gasteiger partial charge in [-0.25, -0.2) is 4.21 Å². The van der Waals surface area contributed by atoms with E-state index in [4.69, 9.17) is 0 Å². The lowest BCUT2D eigenvalue weighted by Gasteiger charge is -2.16. The smallest absolute Gasteiger partial charge is 0.187 e. The Kier molecular flexibility index (Phi) is 2.94. The molecule has 0 bridgehead atoms. The lowest BCUT2D eigenvalue weighted by atomic mass is 10.1. The molecule has 0 aliphatic carbocycles. The van der Waals surface area contributed by atoms with Gasteiger partial charge in [0.2, 0.25) is 0 Å². The van der Waals surface area contributed by atoms with E-state index in [2.05, 4.69) is 0 Å². The molecule has 2 aromatic rings. The maximum atomic E-state index is 11.3. The van der Waals surface area contributed by atoms with Crippen LogP contribution >= 0.6 is 0 Å². The lowest BCUT2D eigenvalue weighted by molar-refractivity contribution is 0.565. The first-order chi connectivity index (χ1) is 7.61. The summed E-state index contributed by atoms with van der Waals surface area (Å²) in [6.45, 7) is 0. The first-order valence-corrected chi connectivity index (χ1v) is 6.02. The van der Waals surface area contributed by atoms with Crippen LogP contribution in [0.2, 0.25) is 0 Å². The van der Waals surface area contributed by atoms with Gasteiger partial charge >= 0.3 is 0 Å². The highest BCUT2D eigenvalue weighted by atomic mass is 32.2. The van der Waals surface area contributed by atoms with E-state index >= 15 is 0 Å². The van der Waals surface area contributed by atoms with Crippen molar-refractivity contribution in [1.82, 2.24) is 0 Å². The minimum absolute atomic E-state index is 0.460. The molecule has 0 saturated heterocycles. The third kappa shape index (κ3) is 1.81. The summed E-state index contributed by atoms with van der Waals surface area (Å²) in [7, 11) is 3.84. The van der Waals surface area contributed by atoms with Crippen LogP contribution < -0.4 is 4.90 Å². The average molecular weight is 235 g/mol. The topological polar surface area (TPSA) is 40.5 Å². The van der Waals surface area contributed by atoms with Crippen molar-refractivity contribution < 1.29 is 8.76 Å². The van der Waals surface area contributed by atoms with E-state index < -0.39 is 11.1 Å². The van der Waals surface area contributed by atoms with Crippen LogP contribution in [0.5, 0.6) is 0 Å². The largest absolute Gasteiger partial charge is 0.377 e. The number of fused-ring (bicyclic) bond motifs is 1. The van der Waals surface area contributed by atoms with Gasteiger partial charge in [0.15, 0.2) is 11.1 Å². The average Bonchev–Trinajstić information content (AvgIpc) is 2.27. The third-order valence-electron chi connectivity index (χ3n) is 2.51. The number of anilines is 1. The summed E-state index contributed by atoms with van der Waals surface area (Å²) in [6, 6.07) is 11.3. The predicted molar refractivity (Wildman–Crippen MR) is 67.3 cm³/mol. The molecule has 2 aromatic carbocycles. The number of benzene rings is 2. The molecular weight excluding hydrogens is 222 g/mol. The van der Waals surface area contributed by atoms with Crippen molar-refractivity contribution in [3.05, 3.63) is 36.4 Å². The van der Waals surface area contributed by atoms with Gasteiger partial charge in [0.05, 0.1) is 4.90 Å². The van der Waals surface area contributed by atoms with Gasteiger partial charge in [-0.2, -0.15) is 0 Å². The van der Waals surface area contributed by atoms with Crippen molar-refractivity contribution in [2.24, 2.45) is 0 Å². The fourth-order valence-corrected chi connectivity index (χ4v) is 2.40. The van der Waals surface area contributed by atoms with E-state index in [1.165, 1.54) is 0 Å². The van der Waals surface area contributed by atoms with E-state index in [1.54, 1.807) is 12.1 Å². The molecule has 0 heterocycles. The monoisotopic (exact) mass is 235 g/mol. The molecule has 2 rings (SSSR count). The van der Waals surface area contributed by atoms with Gasteiger partial charge < -0.3 is 9.45 Å². The number of hydrogen-bond donors (Lipinski definition) is 1. The second kappa shape index (κ2) is 4.23. The van der Waals surface area contributed by atoms with Crippen LogP contribution in [0.25, 0.3) is 10.8 Å². The van der Waals surface area contributed by atoms with Gasteiger partial charge in [0.1, 0.15) is 0 Å². The van der Waals surface area contributed by atoms with Crippen LogP contribution in [-0.2, 0) is 11.1 Å². The van der Waals surface area contributed by atoms with E-state index in [1.807, 2.05) is 43.3 Å². The zero-order valence-corrected chi connectivity index (χ0v) is 9.99. The van der Waals surface area contributed by atoms with Crippen molar-refractivity contribution in [3.8, 4) is 0 Å². The van der Waals surface area contributed by atoms with Gasteiger partial charge in [-0.15, -0.1) is 0 Å². The van der Waals surface area contributed by atoms with Gasteiger partial charge in [-0.1, -0.05) is 24.3 Å². The minimum atomic E-state index is -1.96. The van der Waals surface area contributed by atoms with Gasteiger partial charge in [0.25, 0.3) is 0 Å². The standard InChI is InChI=1S/C12H13NO2S/c1-13(2)10-7-3-5-9-6-4-8-11(12(9)10)16(14)15/h3-8H,1-2H3,(H,14,15). The second-order valence-electron chi connectivity index (χ2n) is 3.77. The van der Waals surface area contributed by atoms with Crippen LogP contribution in [0.4, 0.5) is 5.69 Å². The Morgan fingerprint density at radius 1 is 1.12 bits per heavy atom. The summed E-state index contributed by atoms with van der Waals surface area (Å²) in [6.07, 6.45) is 0. The Morgan fingerprint density at radius 3 is 2.31 bits per heavy atom. The molecule has 0 aliphatic rings. The molecule has 0 saturated carbocycles. The predicted octanol–water partition coefficient (Wildman–Crippen LogP) is 2.49. The summed E-state index contributed by atoms with van der Waals surface area (Å²) in [5, 5.41) is 1.82. The Balaban J connectivity index is 2.87. The van der Waals surface area contributed by atoms with Crippen molar-refractivity contribution in [3.63, 3.8) is 0 Å². The molecule has 0 fully saturated rings. The highest BCUT2D eigenvalue weighted by Crippen LogP contribution is 2.30. The molecule has 1 atom stereocenters. The van der Waals surface area contributed by atoms with Gasteiger partial charge in [0, 0.05) is 25.2 Å². The van der Waals surface area contributed by atoms with Gasteiger partial charge in [-0.05, 0) is 17.5 Å². The molecule has 1 unspecified atom stereocenters. The van der Waals surface area contributed by atoms with Crippen LogP contribution in [0.1, 0.15) is 0 Å². The summed E-state index contributed by atoms with van der Waals surface area (Å²) in [4.78, 5) is 2.40. The van der Waals surface area contributed by atoms with Crippen molar-refractivity contribution in [2.45, 2.75) is 4.90 Å². The van der Waals surface area contributed by atoms with Gasteiger partial charge in [-0.3, -0.25) is 0 Å². The molecule has 1 N–H and O–H groups in total. The summed E-state index contributed by atoms with van der Waals surface area (Å²) in [5.74, 6) is 0. The van der Waals surface area contributed by atoms with E-state index in [9.17, 15) is 8.76 Å². The van der Waals surface area contributed by atoms with E-state index in [0.717, 1.165) is 16.5 Å². The Hall–Kier alpha value is -1.39. The number of nitrogens with zero attached hydrogens (tertiary/aromatic N) is 1. The number of rotatable bonds is 2. The minimum Gasteiger partial charge on any atom is -0.377 e. The van der Waals surface area contributed by atoms with Crippen LogP contribution in [0.15, 0.2) is 41.3 Å². The maximum absolute atomic E-state index is 11.3. The normalized spacial score (nSPS) is 12.7. The fourth-order valence-electron chi connectivity index (χ4n) is 1.81. The maximum Gasteiger partial charge on any atom is 0.187 e. The molecule has 16 heavy (non-hydrogen) atoms. The summed E-state index contributed by atoms with van der Waals surface area (Å²) < 4.78 is 20.6. The molecule has 0 radical (unpaired) electrons. The van der Waals surface area contributed by atoms with Crippen LogP contribution in [0.3, 0.4) is 0 Å². The van der Waals surface area contributed by atoms with E-state index in [0.29, 0.717) is 4.90 Å². The Bertz CT molecular complexity index is 546. The molecule has 0 aliphatic heterocycles. The zero-order chi connectivity index (χ0) is 11.7. The van der Waals surface area contributed by atoms with E-state index in [-0.39, 0.29) is 0 Å². The van der Waals surface area contributed by atoms with Crippen molar-refractivity contribution >= 4 is 27.5 Å². The summed E-state index contributed by atoms with van der Waals surface area (Å²) in [5.41, 5.74) is 0.954. The first-order valence-electron chi connectivity index (χ1n) is 4.91. The zero-order valence-electron chi connectivity index (χ0n) is 9.18. The van der Waals surface area contributed by atoms with Crippen LogP contribution in [-0.4, -0.2) is 22.9 Å². The van der Waals surface area contributed by atoms with Crippen molar-refractivity contribution in [2.75, 3.05) is 19.0 Å². The summed E-state index contributed by atoms with van der Waals surface area (Å²) >= 11 is -1.96. The Morgan fingerprint density at radius 2 is 1.75 bits per heavy atom.